The van der Waals surface area contributed by atoms with Gasteiger partial charge >= 0.3 is 0 Å². The van der Waals surface area contributed by atoms with Gasteiger partial charge in [0.15, 0.2) is 0 Å². The summed E-state index contributed by atoms with van der Waals surface area (Å²) in [6.45, 7) is 0. The van der Waals surface area contributed by atoms with E-state index in [2.05, 4.69) is 4.98 Å². The SMILES string of the molecule is CN(C(=O)c1sc2cnccc2c1N)C1CC1. The summed E-state index contributed by atoms with van der Waals surface area (Å²) in [7, 11) is 1.85. The van der Waals surface area contributed by atoms with Crippen LogP contribution in [0, 0.1) is 0 Å². The molecule has 1 saturated carbocycles. The molecule has 1 fully saturated rings. The summed E-state index contributed by atoms with van der Waals surface area (Å²) in [5.74, 6) is 0.0335. The van der Waals surface area contributed by atoms with Crippen LogP contribution in [0.25, 0.3) is 10.1 Å². The maximum absolute atomic E-state index is 12.3. The van der Waals surface area contributed by atoms with Crippen LogP contribution in [0.2, 0.25) is 0 Å². The monoisotopic (exact) mass is 247 g/mol. The summed E-state index contributed by atoms with van der Waals surface area (Å²) in [5, 5.41) is 0.928. The van der Waals surface area contributed by atoms with Gasteiger partial charge in [0.1, 0.15) is 4.88 Å². The van der Waals surface area contributed by atoms with E-state index in [0.29, 0.717) is 16.6 Å². The number of nitrogen functional groups attached to an aromatic ring is 1. The van der Waals surface area contributed by atoms with E-state index in [4.69, 9.17) is 5.73 Å². The van der Waals surface area contributed by atoms with E-state index < -0.39 is 0 Å². The van der Waals surface area contributed by atoms with Crippen molar-refractivity contribution in [1.82, 2.24) is 9.88 Å². The Morgan fingerprint density at radius 2 is 2.35 bits per heavy atom. The van der Waals surface area contributed by atoms with E-state index in [9.17, 15) is 4.79 Å². The lowest BCUT2D eigenvalue weighted by atomic mass is 10.2. The van der Waals surface area contributed by atoms with Crippen molar-refractivity contribution in [1.29, 1.82) is 0 Å². The van der Waals surface area contributed by atoms with Gasteiger partial charge in [0.2, 0.25) is 0 Å². The van der Waals surface area contributed by atoms with E-state index in [-0.39, 0.29) is 5.91 Å². The maximum Gasteiger partial charge on any atom is 0.266 e. The Balaban J connectivity index is 2.04. The number of fused-ring (bicyclic) bond motifs is 1. The third kappa shape index (κ3) is 1.67. The van der Waals surface area contributed by atoms with Crippen molar-refractivity contribution in [2.45, 2.75) is 18.9 Å². The fourth-order valence-corrected chi connectivity index (χ4v) is 2.99. The number of aromatic nitrogens is 1. The first kappa shape index (κ1) is 10.5. The molecule has 2 N–H and O–H groups in total. The lowest BCUT2D eigenvalue weighted by molar-refractivity contribution is 0.0791. The third-order valence-electron chi connectivity index (χ3n) is 3.14. The maximum atomic E-state index is 12.3. The lowest BCUT2D eigenvalue weighted by Gasteiger charge is -2.15. The predicted octanol–water partition coefficient (Wildman–Crippen LogP) is 2.11. The summed E-state index contributed by atoms with van der Waals surface area (Å²) in [6.07, 6.45) is 5.66. The Labute approximate surface area is 103 Å². The minimum atomic E-state index is 0.0335. The van der Waals surface area contributed by atoms with Gasteiger partial charge in [-0.2, -0.15) is 0 Å². The number of thiophene rings is 1. The zero-order chi connectivity index (χ0) is 12.0. The molecule has 0 aromatic carbocycles. The predicted molar refractivity (Wildman–Crippen MR) is 69.1 cm³/mol. The van der Waals surface area contributed by atoms with Crippen LogP contribution in [-0.4, -0.2) is 28.9 Å². The second-order valence-electron chi connectivity index (χ2n) is 4.36. The highest BCUT2D eigenvalue weighted by atomic mass is 32.1. The Morgan fingerprint density at radius 1 is 1.59 bits per heavy atom. The van der Waals surface area contributed by atoms with Gasteiger partial charge < -0.3 is 10.6 Å². The molecule has 0 saturated heterocycles. The molecule has 2 aromatic rings. The van der Waals surface area contributed by atoms with Crippen molar-refractivity contribution in [3.8, 4) is 0 Å². The van der Waals surface area contributed by atoms with Gasteiger partial charge in [0, 0.05) is 30.9 Å². The molecule has 1 aliphatic carbocycles. The highest BCUT2D eigenvalue weighted by Gasteiger charge is 2.31. The molecule has 5 heteroatoms. The van der Waals surface area contributed by atoms with Gasteiger partial charge in [-0.1, -0.05) is 0 Å². The first-order chi connectivity index (χ1) is 8.18. The van der Waals surface area contributed by atoms with Gasteiger partial charge in [-0.05, 0) is 18.9 Å². The van der Waals surface area contributed by atoms with Crippen molar-refractivity contribution in [2.75, 3.05) is 12.8 Å². The first-order valence-corrected chi connectivity index (χ1v) is 6.39. The van der Waals surface area contributed by atoms with Crippen LogP contribution in [0.1, 0.15) is 22.5 Å². The summed E-state index contributed by atoms with van der Waals surface area (Å²) in [4.78, 5) is 18.7. The van der Waals surface area contributed by atoms with Crippen molar-refractivity contribution in [3.63, 3.8) is 0 Å². The fourth-order valence-electron chi connectivity index (χ4n) is 1.92. The number of anilines is 1. The van der Waals surface area contributed by atoms with E-state index in [1.54, 1.807) is 17.3 Å². The molecule has 0 unspecified atom stereocenters. The summed E-state index contributed by atoms with van der Waals surface area (Å²) < 4.78 is 0.970. The highest BCUT2D eigenvalue weighted by Crippen LogP contribution is 2.35. The summed E-state index contributed by atoms with van der Waals surface area (Å²) >= 11 is 1.43. The molecule has 4 nitrogen and oxygen atoms in total. The third-order valence-corrected chi connectivity index (χ3v) is 4.28. The van der Waals surface area contributed by atoms with E-state index in [1.165, 1.54) is 11.3 Å². The van der Waals surface area contributed by atoms with Gasteiger partial charge in [-0.3, -0.25) is 9.78 Å². The highest BCUT2D eigenvalue weighted by molar-refractivity contribution is 7.21. The lowest BCUT2D eigenvalue weighted by Crippen LogP contribution is -2.28. The molecule has 0 bridgehead atoms. The first-order valence-electron chi connectivity index (χ1n) is 5.57. The molecule has 2 aromatic heterocycles. The zero-order valence-corrected chi connectivity index (χ0v) is 10.3. The second-order valence-corrected chi connectivity index (χ2v) is 5.42. The molecule has 0 aliphatic heterocycles. The largest absolute Gasteiger partial charge is 0.397 e. The van der Waals surface area contributed by atoms with Crippen LogP contribution in [-0.2, 0) is 0 Å². The molecule has 3 rings (SSSR count). The van der Waals surface area contributed by atoms with Crippen molar-refractivity contribution in [3.05, 3.63) is 23.3 Å². The number of carbonyl (C=O) groups excluding carboxylic acids is 1. The molecule has 0 spiro atoms. The van der Waals surface area contributed by atoms with Gasteiger partial charge in [-0.25, -0.2) is 0 Å². The molecular weight excluding hydrogens is 234 g/mol. The van der Waals surface area contributed by atoms with Crippen LogP contribution >= 0.6 is 11.3 Å². The summed E-state index contributed by atoms with van der Waals surface area (Å²) in [6, 6.07) is 2.26. The van der Waals surface area contributed by atoms with Crippen molar-refractivity contribution >= 4 is 33.0 Å². The average molecular weight is 247 g/mol. The minimum Gasteiger partial charge on any atom is -0.397 e. The Morgan fingerprint density at radius 3 is 3.00 bits per heavy atom. The standard InChI is InChI=1S/C12H13N3OS/c1-15(7-2-3-7)12(16)11-10(13)8-4-5-14-6-9(8)17-11/h4-7H,2-3,13H2,1H3. The number of nitrogens with zero attached hydrogens (tertiary/aromatic N) is 2. The molecule has 1 aliphatic rings. The summed E-state index contributed by atoms with van der Waals surface area (Å²) in [5.41, 5.74) is 6.62. The topological polar surface area (TPSA) is 59.2 Å². The van der Waals surface area contributed by atoms with Crippen LogP contribution in [0.15, 0.2) is 18.5 Å². The van der Waals surface area contributed by atoms with Gasteiger partial charge in [0.25, 0.3) is 5.91 Å². The van der Waals surface area contributed by atoms with E-state index in [0.717, 1.165) is 22.9 Å². The number of carbonyl (C=O) groups is 1. The number of rotatable bonds is 2. The van der Waals surface area contributed by atoms with Crippen LogP contribution in [0.5, 0.6) is 0 Å². The van der Waals surface area contributed by atoms with Crippen LogP contribution < -0.4 is 5.73 Å². The van der Waals surface area contributed by atoms with Crippen molar-refractivity contribution in [2.24, 2.45) is 0 Å². The number of nitrogens with two attached hydrogens (primary N) is 1. The average Bonchev–Trinajstić information content (AvgIpc) is 3.14. The zero-order valence-electron chi connectivity index (χ0n) is 9.51. The normalized spacial score (nSPS) is 15.1. The molecule has 1 amide bonds. The molecule has 17 heavy (non-hydrogen) atoms. The molecule has 2 heterocycles. The molecule has 0 radical (unpaired) electrons. The number of amides is 1. The van der Waals surface area contributed by atoms with E-state index >= 15 is 0 Å². The quantitative estimate of drug-likeness (QED) is 0.884. The molecular formula is C12H13N3OS. The van der Waals surface area contributed by atoms with Crippen LogP contribution in [0.3, 0.4) is 0 Å². The fraction of sp³-hybridized carbons (Fsp3) is 0.333. The number of hydrogen-bond donors (Lipinski definition) is 1. The Bertz CT molecular complexity index is 588. The Hall–Kier alpha value is -1.62. The Kier molecular flexibility index (Phi) is 2.29. The van der Waals surface area contributed by atoms with E-state index in [1.807, 2.05) is 13.1 Å². The van der Waals surface area contributed by atoms with Gasteiger partial charge in [-0.15, -0.1) is 11.3 Å². The minimum absolute atomic E-state index is 0.0335. The smallest absolute Gasteiger partial charge is 0.266 e. The number of pyridine rings is 1. The molecule has 0 atom stereocenters. The van der Waals surface area contributed by atoms with Crippen molar-refractivity contribution < 1.29 is 4.79 Å². The second kappa shape index (κ2) is 3.70. The van der Waals surface area contributed by atoms with Crippen LogP contribution in [0.4, 0.5) is 5.69 Å². The molecule has 88 valence electrons. The number of hydrogen-bond acceptors (Lipinski definition) is 4. The van der Waals surface area contributed by atoms with Gasteiger partial charge in [0.05, 0.1) is 10.4 Å².